The second-order valence-electron chi connectivity index (χ2n) is 6.84. The van der Waals surface area contributed by atoms with E-state index in [9.17, 15) is 24.4 Å². The Morgan fingerprint density at radius 2 is 1.87 bits per heavy atom. The molecule has 0 heterocycles. The van der Waals surface area contributed by atoms with Gasteiger partial charge in [0, 0.05) is 19.4 Å². The minimum atomic E-state index is -1.18. The van der Waals surface area contributed by atoms with Crippen molar-refractivity contribution in [1.29, 1.82) is 5.26 Å². The van der Waals surface area contributed by atoms with Gasteiger partial charge in [-0.3, -0.25) is 14.4 Å². The van der Waals surface area contributed by atoms with E-state index in [2.05, 4.69) is 10.6 Å². The number of carboxylic acids is 2. The number of aliphatic carboxylic acids is 2. The number of nitriles is 1. The third-order valence-electron chi connectivity index (χ3n) is 4.25. The molecule has 1 rings (SSSR count). The second-order valence-corrected chi connectivity index (χ2v) is 6.84. The molecule has 0 aliphatic rings. The highest BCUT2D eigenvalue weighted by atomic mass is 16.5. The number of carbonyl (C=O) groups is 4. The first-order chi connectivity index (χ1) is 14.8. The van der Waals surface area contributed by atoms with Crippen molar-refractivity contribution in [2.75, 3.05) is 13.2 Å². The Hall–Kier alpha value is -3.61. The van der Waals surface area contributed by atoms with E-state index in [-0.39, 0.29) is 30.6 Å². The minimum Gasteiger partial charge on any atom is -0.481 e. The molecule has 4 N–H and O–H groups in total. The number of ether oxygens (including phenoxy) is 1. The SMILES string of the molecule is CCCCCNC(=O)[C@H](Cc1ccc(OCC(=O)O)c(C#N)c1)NC(=O)CCC(=O)O. The summed E-state index contributed by atoms with van der Waals surface area (Å²) in [7, 11) is 0. The highest BCUT2D eigenvalue weighted by Gasteiger charge is 2.22. The molecule has 0 saturated heterocycles. The van der Waals surface area contributed by atoms with Crippen LogP contribution in [0, 0.1) is 11.3 Å². The summed E-state index contributed by atoms with van der Waals surface area (Å²) < 4.78 is 5.07. The van der Waals surface area contributed by atoms with Crippen LogP contribution in [-0.4, -0.2) is 53.2 Å². The van der Waals surface area contributed by atoms with Crippen molar-refractivity contribution >= 4 is 23.8 Å². The number of benzene rings is 1. The molecule has 0 aromatic heterocycles. The van der Waals surface area contributed by atoms with E-state index in [1.165, 1.54) is 12.1 Å². The molecule has 0 bridgehead atoms. The molecular weight excluding hydrogens is 406 g/mol. The first-order valence-electron chi connectivity index (χ1n) is 9.93. The lowest BCUT2D eigenvalue weighted by Crippen LogP contribution is -2.48. The lowest BCUT2D eigenvalue weighted by atomic mass is 10.0. The van der Waals surface area contributed by atoms with Gasteiger partial charge in [0.15, 0.2) is 6.61 Å². The molecule has 0 radical (unpaired) electrons. The van der Waals surface area contributed by atoms with Gasteiger partial charge in [0.1, 0.15) is 17.9 Å². The molecule has 2 amide bonds. The second kappa shape index (κ2) is 13.6. The largest absolute Gasteiger partial charge is 0.481 e. The van der Waals surface area contributed by atoms with Gasteiger partial charge in [-0.05, 0) is 24.1 Å². The Kier molecular flexibility index (Phi) is 11.1. The van der Waals surface area contributed by atoms with Gasteiger partial charge < -0.3 is 25.6 Å². The molecule has 0 spiro atoms. The van der Waals surface area contributed by atoms with Gasteiger partial charge in [0.2, 0.25) is 11.8 Å². The summed E-state index contributed by atoms with van der Waals surface area (Å²) in [6, 6.07) is 5.41. The molecule has 0 aliphatic heterocycles. The number of carbonyl (C=O) groups excluding carboxylic acids is 2. The fourth-order valence-corrected chi connectivity index (χ4v) is 2.70. The van der Waals surface area contributed by atoms with Crippen molar-refractivity contribution in [2.45, 2.75) is 51.5 Å². The molecule has 1 aromatic rings. The number of carboxylic acid groups (broad SMARTS) is 2. The molecule has 10 nitrogen and oxygen atoms in total. The molecule has 0 aliphatic carbocycles. The number of amides is 2. The summed E-state index contributed by atoms with van der Waals surface area (Å²) in [4.78, 5) is 46.0. The summed E-state index contributed by atoms with van der Waals surface area (Å²) in [5.41, 5.74) is 0.643. The van der Waals surface area contributed by atoms with Crippen LogP contribution in [0.25, 0.3) is 0 Å². The van der Waals surface area contributed by atoms with Crippen LogP contribution in [0.4, 0.5) is 0 Å². The topological polar surface area (TPSA) is 166 Å². The molecule has 1 atom stereocenters. The van der Waals surface area contributed by atoms with E-state index in [1.807, 2.05) is 13.0 Å². The van der Waals surface area contributed by atoms with Crippen LogP contribution in [-0.2, 0) is 25.6 Å². The summed E-state index contributed by atoms with van der Waals surface area (Å²) in [5.74, 6) is -3.19. The van der Waals surface area contributed by atoms with E-state index in [4.69, 9.17) is 14.9 Å². The van der Waals surface area contributed by atoms with Crippen molar-refractivity contribution in [3.05, 3.63) is 29.3 Å². The predicted octanol–water partition coefficient (Wildman–Crippen LogP) is 1.22. The normalized spacial score (nSPS) is 11.1. The Morgan fingerprint density at radius 1 is 1.13 bits per heavy atom. The zero-order chi connectivity index (χ0) is 23.2. The van der Waals surface area contributed by atoms with Crippen molar-refractivity contribution < 1.29 is 34.1 Å². The van der Waals surface area contributed by atoms with Gasteiger partial charge in [-0.15, -0.1) is 0 Å². The Labute approximate surface area is 180 Å². The number of unbranched alkanes of at least 4 members (excludes halogenated alkanes) is 2. The van der Waals surface area contributed by atoms with Crippen molar-refractivity contribution in [2.24, 2.45) is 0 Å². The standard InChI is InChI=1S/C21H27N3O7/c1-2-3-4-9-23-21(30)16(24-18(25)7-8-19(26)27)11-14-5-6-17(15(10-14)12-22)31-13-20(28)29/h5-6,10,16H,2-4,7-9,11,13H2,1H3,(H,23,30)(H,24,25)(H,26,27)(H,28,29)/t16-/m0/s1. The van der Waals surface area contributed by atoms with Crippen molar-refractivity contribution in [3.8, 4) is 11.8 Å². The number of rotatable bonds is 14. The molecule has 168 valence electrons. The van der Waals surface area contributed by atoms with Crippen LogP contribution >= 0.6 is 0 Å². The van der Waals surface area contributed by atoms with Crippen molar-refractivity contribution in [3.63, 3.8) is 0 Å². The zero-order valence-electron chi connectivity index (χ0n) is 17.3. The molecule has 10 heteroatoms. The van der Waals surface area contributed by atoms with E-state index in [0.717, 1.165) is 19.3 Å². The first kappa shape index (κ1) is 25.4. The molecule has 31 heavy (non-hydrogen) atoms. The van der Waals surface area contributed by atoms with Crippen LogP contribution < -0.4 is 15.4 Å². The van der Waals surface area contributed by atoms with Crippen LogP contribution in [0.2, 0.25) is 0 Å². The van der Waals surface area contributed by atoms with Gasteiger partial charge >= 0.3 is 11.9 Å². The molecule has 0 saturated carbocycles. The van der Waals surface area contributed by atoms with Gasteiger partial charge in [0.25, 0.3) is 0 Å². The summed E-state index contributed by atoms with van der Waals surface area (Å²) in [6.07, 6.45) is 2.16. The maximum absolute atomic E-state index is 12.6. The maximum atomic E-state index is 12.6. The number of hydrogen-bond donors (Lipinski definition) is 4. The molecule has 0 fully saturated rings. The number of nitrogens with zero attached hydrogens (tertiary/aromatic N) is 1. The van der Waals surface area contributed by atoms with Gasteiger partial charge in [-0.1, -0.05) is 25.8 Å². The fourth-order valence-electron chi connectivity index (χ4n) is 2.70. The van der Waals surface area contributed by atoms with E-state index in [1.54, 1.807) is 6.07 Å². The highest BCUT2D eigenvalue weighted by Crippen LogP contribution is 2.20. The number of nitrogens with one attached hydrogen (secondary N) is 2. The third-order valence-corrected chi connectivity index (χ3v) is 4.25. The van der Waals surface area contributed by atoms with Crippen molar-refractivity contribution in [1.82, 2.24) is 10.6 Å². The highest BCUT2D eigenvalue weighted by molar-refractivity contribution is 5.88. The Morgan fingerprint density at radius 3 is 2.48 bits per heavy atom. The average molecular weight is 433 g/mol. The monoisotopic (exact) mass is 433 g/mol. The third kappa shape index (κ3) is 10.1. The maximum Gasteiger partial charge on any atom is 0.341 e. The fraction of sp³-hybridized carbons (Fsp3) is 0.476. The quantitative estimate of drug-likeness (QED) is 0.318. The minimum absolute atomic E-state index is 0.0618. The molecular formula is C21H27N3O7. The van der Waals surface area contributed by atoms with Crippen LogP contribution in [0.3, 0.4) is 0 Å². The van der Waals surface area contributed by atoms with Crippen LogP contribution in [0.5, 0.6) is 5.75 Å². The zero-order valence-corrected chi connectivity index (χ0v) is 17.3. The summed E-state index contributed by atoms with van der Waals surface area (Å²) >= 11 is 0. The molecule has 1 aromatic carbocycles. The summed E-state index contributed by atoms with van der Waals surface area (Å²) in [6.45, 7) is 1.87. The van der Waals surface area contributed by atoms with E-state index < -0.39 is 36.4 Å². The van der Waals surface area contributed by atoms with Crippen LogP contribution in [0.15, 0.2) is 18.2 Å². The van der Waals surface area contributed by atoms with Gasteiger partial charge in [-0.2, -0.15) is 5.26 Å². The summed E-state index contributed by atoms with van der Waals surface area (Å²) in [5, 5.41) is 32.0. The number of hydrogen-bond acceptors (Lipinski definition) is 6. The predicted molar refractivity (Wildman–Crippen MR) is 109 cm³/mol. The van der Waals surface area contributed by atoms with E-state index >= 15 is 0 Å². The average Bonchev–Trinajstić information content (AvgIpc) is 2.73. The molecule has 0 unspecified atom stereocenters. The first-order valence-corrected chi connectivity index (χ1v) is 9.93. The lowest BCUT2D eigenvalue weighted by molar-refractivity contribution is -0.139. The lowest BCUT2D eigenvalue weighted by Gasteiger charge is -2.19. The Bertz CT molecular complexity index is 833. The van der Waals surface area contributed by atoms with Gasteiger partial charge in [-0.25, -0.2) is 4.79 Å². The Balaban J connectivity index is 2.92. The van der Waals surface area contributed by atoms with E-state index in [0.29, 0.717) is 12.1 Å². The van der Waals surface area contributed by atoms with Gasteiger partial charge in [0.05, 0.1) is 12.0 Å². The smallest absolute Gasteiger partial charge is 0.341 e. The van der Waals surface area contributed by atoms with Crippen LogP contribution in [0.1, 0.15) is 50.2 Å².